The van der Waals surface area contributed by atoms with Crippen LogP contribution in [0.25, 0.3) is 0 Å². The molecule has 0 spiro atoms. The molecule has 0 bridgehead atoms. The van der Waals surface area contributed by atoms with Crippen LogP contribution in [0.15, 0.2) is 60.7 Å². The fourth-order valence-electron chi connectivity index (χ4n) is 3.85. The Morgan fingerprint density at radius 2 is 1.86 bits per heavy atom. The van der Waals surface area contributed by atoms with Crippen LogP contribution in [0.2, 0.25) is 0 Å². The number of anilines is 1. The molecule has 1 aliphatic heterocycles. The lowest BCUT2D eigenvalue weighted by molar-refractivity contribution is -0.118. The van der Waals surface area contributed by atoms with Gasteiger partial charge in [0.05, 0.1) is 5.41 Å². The number of amides is 1. The van der Waals surface area contributed by atoms with Crippen LogP contribution < -0.4 is 14.8 Å². The van der Waals surface area contributed by atoms with E-state index >= 15 is 0 Å². The van der Waals surface area contributed by atoms with Crippen molar-refractivity contribution in [1.29, 1.82) is 0 Å². The van der Waals surface area contributed by atoms with Crippen molar-refractivity contribution in [3.63, 3.8) is 0 Å². The lowest BCUT2D eigenvalue weighted by Gasteiger charge is -2.16. The summed E-state index contributed by atoms with van der Waals surface area (Å²) in [7, 11) is 0. The first-order valence-corrected chi connectivity index (χ1v) is 9.86. The molecule has 2 heterocycles. The van der Waals surface area contributed by atoms with E-state index < -0.39 is 5.41 Å². The number of benzene rings is 2. The van der Waals surface area contributed by atoms with Crippen LogP contribution >= 0.6 is 0 Å². The number of aromatic nitrogens is 1. The molecular weight excluding hydrogens is 364 g/mol. The van der Waals surface area contributed by atoms with E-state index in [4.69, 9.17) is 9.47 Å². The van der Waals surface area contributed by atoms with Gasteiger partial charge >= 0.3 is 0 Å². The van der Waals surface area contributed by atoms with Crippen molar-refractivity contribution in [2.45, 2.75) is 31.6 Å². The molecule has 1 aromatic heterocycles. The van der Waals surface area contributed by atoms with E-state index in [1.807, 2.05) is 48.5 Å². The maximum Gasteiger partial charge on any atom is 0.236 e. The Balaban J connectivity index is 1.34. The summed E-state index contributed by atoms with van der Waals surface area (Å²) in [5.74, 6) is 2.01. The fraction of sp³-hybridized carbons (Fsp3) is 0.250. The number of carbonyl (C=O) groups excluding carboxylic acids is 1. The zero-order chi connectivity index (χ0) is 19.8. The maximum atomic E-state index is 13.1. The van der Waals surface area contributed by atoms with E-state index in [-0.39, 0.29) is 12.7 Å². The van der Waals surface area contributed by atoms with Crippen LogP contribution in [-0.2, 0) is 16.6 Å². The van der Waals surface area contributed by atoms with Gasteiger partial charge in [0.15, 0.2) is 11.5 Å². The number of carbonyl (C=O) groups is 1. The summed E-state index contributed by atoms with van der Waals surface area (Å²) in [4.78, 5) is 17.8. The summed E-state index contributed by atoms with van der Waals surface area (Å²) in [6.45, 7) is 2.33. The van der Waals surface area contributed by atoms with Crippen LogP contribution in [0.1, 0.15) is 35.2 Å². The van der Waals surface area contributed by atoms with E-state index in [0.717, 1.165) is 36.3 Å². The average Bonchev–Trinajstić information content (AvgIpc) is 3.41. The minimum absolute atomic E-state index is 0.0168. The van der Waals surface area contributed by atoms with Crippen molar-refractivity contribution in [3.8, 4) is 11.5 Å². The number of nitrogens with zero attached hydrogens (tertiary/aromatic N) is 1. The highest BCUT2D eigenvalue weighted by molar-refractivity contribution is 6.01. The largest absolute Gasteiger partial charge is 0.454 e. The van der Waals surface area contributed by atoms with Crippen LogP contribution in [0.3, 0.4) is 0 Å². The van der Waals surface area contributed by atoms with E-state index in [9.17, 15) is 4.79 Å². The van der Waals surface area contributed by atoms with E-state index in [0.29, 0.717) is 11.6 Å². The van der Waals surface area contributed by atoms with Gasteiger partial charge in [0, 0.05) is 12.1 Å². The van der Waals surface area contributed by atoms with Crippen molar-refractivity contribution in [3.05, 3.63) is 83.0 Å². The molecule has 1 amide bonds. The lowest BCUT2D eigenvalue weighted by atomic mass is 9.94. The first-order chi connectivity index (χ1) is 14.1. The Hall–Kier alpha value is -3.34. The minimum atomic E-state index is -0.505. The second-order valence-corrected chi connectivity index (χ2v) is 7.72. The van der Waals surface area contributed by atoms with Crippen LogP contribution in [-0.4, -0.2) is 17.7 Å². The zero-order valence-electron chi connectivity index (χ0n) is 16.3. The highest BCUT2D eigenvalue weighted by atomic mass is 16.7. The highest BCUT2D eigenvalue weighted by Gasteiger charge is 2.51. The van der Waals surface area contributed by atoms with E-state index in [1.165, 1.54) is 11.1 Å². The lowest BCUT2D eigenvalue weighted by Crippen LogP contribution is -2.28. The maximum absolute atomic E-state index is 13.1. The third-order valence-corrected chi connectivity index (χ3v) is 5.79. The number of ether oxygens (including phenoxy) is 2. The molecule has 3 aromatic rings. The first kappa shape index (κ1) is 17.7. The molecule has 0 atom stereocenters. The summed E-state index contributed by atoms with van der Waals surface area (Å²) >= 11 is 0. The Kier molecular flexibility index (Phi) is 4.23. The molecule has 5 nitrogen and oxygen atoms in total. The Labute approximate surface area is 169 Å². The number of fused-ring (bicyclic) bond motifs is 1. The van der Waals surface area contributed by atoms with Gasteiger partial charge in [-0.15, -0.1) is 0 Å². The van der Waals surface area contributed by atoms with Gasteiger partial charge in [0.25, 0.3) is 0 Å². The van der Waals surface area contributed by atoms with Gasteiger partial charge in [-0.3, -0.25) is 4.79 Å². The van der Waals surface area contributed by atoms with Crippen molar-refractivity contribution in [2.24, 2.45) is 0 Å². The molecule has 2 aliphatic rings. The number of hydrogen-bond acceptors (Lipinski definition) is 4. The predicted molar refractivity (Wildman–Crippen MR) is 110 cm³/mol. The first-order valence-electron chi connectivity index (χ1n) is 9.86. The molecule has 29 heavy (non-hydrogen) atoms. The molecule has 1 fully saturated rings. The summed E-state index contributed by atoms with van der Waals surface area (Å²) in [5.41, 5.74) is 3.88. The van der Waals surface area contributed by atoms with Gasteiger partial charge < -0.3 is 14.8 Å². The third kappa shape index (κ3) is 3.33. The second kappa shape index (κ2) is 6.92. The summed E-state index contributed by atoms with van der Waals surface area (Å²) in [6.07, 6.45) is 2.38. The molecule has 0 radical (unpaired) electrons. The van der Waals surface area contributed by atoms with Crippen molar-refractivity contribution < 1.29 is 14.3 Å². The molecule has 1 saturated carbocycles. The number of rotatable bonds is 5. The summed E-state index contributed by atoms with van der Waals surface area (Å²) < 4.78 is 10.9. The van der Waals surface area contributed by atoms with Gasteiger partial charge in [0.2, 0.25) is 12.7 Å². The second-order valence-electron chi connectivity index (χ2n) is 7.72. The Bertz CT molecular complexity index is 1090. The molecule has 2 aromatic carbocycles. The highest BCUT2D eigenvalue weighted by Crippen LogP contribution is 2.51. The molecular formula is C24H22N2O3. The van der Waals surface area contributed by atoms with Gasteiger partial charge in [-0.2, -0.15) is 0 Å². The molecule has 5 heteroatoms. The Morgan fingerprint density at radius 3 is 2.69 bits per heavy atom. The number of hydrogen-bond donors (Lipinski definition) is 1. The average molecular weight is 386 g/mol. The van der Waals surface area contributed by atoms with Crippen LogP contribution in [0.5, 0.6) is 11.5 Å². The normalized spacial score (nSPS) is 15.8. The van der Waals surface area contributed by atoms with Crippen LogP contribution in [0.4, 0.5) is 5.82 Å². The quantitative estimate of drug-likeness (QED) is 0.707. The monoisotopic (exact) mass is 386 g/mol. The number of aryl methyl sites for hydroxylation is 1. The molecule has 0 saturated heterocycles. The van der Waals surface area contributed by atoms with Gasteiger partial charge in [-0.25, -0.2) is 4.98 Å². The fourth-order valence-corrected chi connectivity index (χ4v) is 3.85. The van der Waals surface area contributed by atoms with Gasteiger partial charge in [-0.05, 0) is 60.7 Å². The molecule has 1 aliphatic carbocycles. The smallest absolute Gasteiger partial charge is 0.236 e. The molecule has 1 N–H and O–H groups in total. The van der Waals surface area contributed by atoms with Gasteiger partial charge in [0.1, 0.15) is 5.82 Å². The SMILES string of the molecule is Cc1ccccc1Cc1cccc(NC(=O)C2(c3ccc4c(c3)OCO4)CC2)n1. The minimum Gasteiger partial charge on any atom is -0.454 e. The predicted octanol–water partition coefficient (Wildman–Crippen LogP) is 4.38. The van der Waals surface area contributed by atoms with Crippen LogP contribution in [0, 0.1) is 6.92 Å². The van der Waals surface area contributed by atoms with E-state index in [1.54, 1.807) is 0 Å². The van der Waals surface area contributed by atoms with E-state index in [2.05, 4.69) is 29.4 Å². The molecule has 146 valence electrons. The third-order valence-electron chi connectivity index (χ3n) is 5.79. The number of pyridine rings is 1. The molecule has 0 unspecified atom stereocenters. The van der Waals surface area contributed by atoms with Crippen molar-refractivity contribution in [2.75, 3.05) is 12.1 Å². The Morgan fingerprint density at radius 1 is 1.03 bits per heavy atom. The standard InChI is InChI=1S/C24H22N2O3/c1-16-5-2-3-6-17(16)13-19-7-4-8-22(25-19)26-23(27)24(11-12-24)18-9-10-20-21(14-18)29-15-28-20/h2-10,14H,11-13,15H2,1H3,(H,25,26,27). The summed E-state index contributed by atoms with van der Waals surface area (Å²) in [6, 6.07) is 19.8. The zero-order valence-corrected chi connectivity index (χ0v) is 16.3. The number of nitrogens with one attached hydrogen (secondary N) is 1. The van der Waals surface area contributed by atoms with Crippen molar-refractivity contribution >= 4 is 11.7 Å². The van der Waals surface area contributed by atoms with Crippen molar-refractivity contribution in [1.82, 2.24) is 4.98 Å². The summed E-state index contributed by atoms with van der Waals surface area (Å²) in [5, 5.41) is 3.03. The molecule has 5 rings (SSSR count). The topological polar surface area (TPSA) is 60.5 Å². The van der Waals surface area contributed by atoms with Gasteiger partial charge in [-0.1, -0.05) is 36.4 Å².